The molecule has 2 aliphatic rings. The fourth-order valence-corrected chi connectivity index (χ4v) is 2.64. The van der Waals surface area contributed by atoms with Gasteiger partial charge in [-0.1, -0.05) is 0 Å². The van der Waals surface area contributed by atoms with Crippen LogP contribution < -0.4 is 10.6 Å². The minimum Gasteiger partial charge on any atom is -0.317 e. The van der Waals surface area contributed by atoms with Crippen molar-refractivity contribution in [3.05, 3.63) is 0 Å². The highest BCUT2D eigenvalue weighted by Crippen LogP contribution is 2.15. The molecular formula is C11H23N3. The van der Waals surface area contributed by atoms with E-state index in [0.29, 0.717) is 0 Å². The second-order valence-corrected chi connectivity index (χ2v) is 4.72. The zero-order chi connectivity index (χ0) is 9.80. The van der Waals surface area contributed by atoms with Crippen LogP contribution in [0.3, 0.4) is 0 Å². The summed E-state index contributed by atoms with van der Waals surface area (Å²) < 4.78 is 0. The van der Waals surface area contributed by atoms with E-state index >= 15 is 0 Å². The lowest BCUT2D eigenvalue weighted by Crippen LogP contribution is -2.43. The maximum atomic E-state index is 3.44. The zero-order valence-electron chi connectivity index (χ0n) is 9.26. The zero-order valence-corrected chi connectivity index (χ0v) is 9.26. The van der Waals surface area contributed by atoms with E-state index < -0.39 is 0 Å². The third kappa shape index (κ3) is 2.69. The van der Waals surface area contributed by atoms with Gasteiger partial charge in [0.2, 0.25) is 0 Å². The lowest BCUT2D eigenvalue weighted by molar-refractivity contribution is 0.179. The van der Waals surface area contributed by atoms with Crippen LogP contribution in [0.5, 0.6) is 0 Å². The molecule has 2 aliphatic heterocycles. The molecule has 82 valence electrons. The lowest BCUT2D eigenvalue weighted by atomic mass is 10.0. The van der Waals surface area contributed by atoms with Gasteiger partial charge < -0.3 is 15.5 Å². The first-order chi connectivity index (χ1) is 6.88. The van der Waals surface area contributed by atoms with Gasteiger partial charge >= 0.3 is 0 Å². The molecule has 2 rings (SSSR count). The fraction of sp³-hybridized carbons (Fsp3) is 1.00. The van der Waals surface area contributed by atoms with Crippen molar-refractivity contribution < 1.29 is 0 Å². The fourth-order valence-electron chi connectivity index (χ4n) is 2.64. The SMILES string of the molecule is CNC1CCN(CC2CCNC2)CC1. The molecule has 1 unspecified atom stereocenters. The van der Waals surface area contributed by atoms with Crippen LogP contribution in [0.4, 0.5) is 0 Å². The van der Waals surface area contributed by atoms with Crippen molar-refractivity contribution in [2.45, 2.75) is 25.3 Å². The molecule has 0 spiro atoms. The molecule has 0 radical (unpaired) electrons. The van der Waals surface area contributed by atoms with Crippen LogP contribution in [0.25, 0.3) is 0 Å². The molecule has 0 saturated carbocycles. The Bertz CT molecular complexity index is 158. The molecule has 0 aromatic heterocycles. The number of nitrogens with one attached hydrogen (secondary N) is 2. The quantitative estimate of drug-likeness (QED) is 0.680. The number of piperidine rings is 1. The van der Waals surface area contributed by atoms with E-state index in [4.69, 9.17) is 0 Å². The minimum absolute atomic E-state index is 0.771. The first kappa shape index (κ1) is 10.4. The van der Waals surface area contributed by atoms with Crippen LogP contribution in [-0.2, 0) is 0 Å². The minimum atomic E-state index is 0.771. The van der Waals surface area contributed by atoms with Crippen LogP contribution in [-0.4, -0.2) is 50.7 Å². The Morgan fingerprint density at radius 1 is 1.29 bits per heavy atom. The number of likely N-dealkylation sites (tertiary alicyclic amines) is 1. The molecule has 0 aromatic carbocycles. The van der Waals surface area contributed by atoms with Gasteiger partial charge in [0.05, 0.1) is 0 Å². The topological polar surface area (TPSA) is 27.3 Å². The van der Waals surface area contributed by atoms with Gasteiger partial charge in [-0.25, -0.2) is 0 Å². The molecule has 2 fully saturated rings. The van der Waals surface area contributed by atoms with Crippen LogP contribution in [0.2, 0.25) is 0 Å². The highest BCUT2D eigenvalue weighted by atomic mass is 15.1. The predicted octanol–water partition coefficient (Wildman–Crippen LogP) is 0.280. The number of hydrogen-bond donors (Lipinski definition) is 2. The average molecular weight is 197 g/mol. The standard InChI is InChI=1S/C11H23N3/c1-12-11-3-6-14(7-4-11)9-10-2-5-13-8-10/h10-13H,2-9H2,1H3. The Kier molecular flexibility index (Phi) is 3.79. The van der Waals surface area contributed by atoms with E-state index in [1.54, 1.807) is 0 Å². The Balaban J connectivity index is 1.67. The molecule has 14 heavy (non-hydrogen) atoms. The summed E-state index contributed by atoms with van der Waals surface area (Å²) in [5.41, 5.74) is 0. The number of rotatable bonds is 3. The molecule has 2 heterocycles. The van der Waals surface area contributed by atoms with Gasteiger partial charge in [0.15, 0.2) is 0 Å². The summed E-state index contributed by atoms with van der Waals surface area (Å²) in [6.07, 6.45) is 4.04. The molecule has 0 aromatic rings. The van der Waals surface area contributed by atoms with Gasteiger partial charge in [0, 0.05) is 12.6 Å². The van der Waals surface area contributed by atoms with Gasteiger partial charge in [-0.05, 0) is 58.4 Å². The van der Waals surface area contributed by atoms with E-state index in [9.17, 15) is 0 Å². The molecule has 1 atom stereocenters. The van der Waals surface area contributed by atoms with Crippen molar-refractivity contribution in [2.75, 3.05) is 39.8 Å². The Labute approximate surface area is 87.2 Å². The average Bonchev–Trinajstić information content (AvgIpc) is 2.72. The maximum Gasteiger partial charge on any atom is 0.00884 e. The van der Waals surface area contributed by atoms with Gasteiger partial charge in [-0.15, -0.1) is 0 Å². The number of hydrogen-bond acceptors (Lipinski definition) is 3. The second-order valence-electron chi connectivity index (χ2n) is 4.72. The molecule has 3 heteroatoms. The smallest absolute Gasteiger partial charge is 0.00884 e. The van der Waals surface area contributed by atoms with Gasteiger partial charge in [-0.2, -0.15) is 0 Å². The van der Waals surface area contributed by atoms with Crippen molar-refractivity contribution in [1.82, 2.24) is 15.5 Å². The van der Waals surface area contributed by atoms with Crippen LogP contribution in [0, 0.1) is 5.92 Å². The normalized spacial score (nSPS) is 31.1. The van der Waals surface area contributed by atoms with Gasteiger partial charge in [0.25, 0.3) is 0 Å². The first-order valence-corrected chi connectivity index (χ1v) is 5.99. The summed E-state index contributed by atoms with van der Waals surface area (Å²) in [4.78, 5) is 2.64. The summed E-state index contributed by atoms with van der Waals surface area (Å²) in [6, 6.07) is 0.771. The van der Waals surface area contributed by atoms with Gasteiger partial charge in [-0.3, -0.25) is 0 Å². The summed E-state index contributed by atoms with van der Waals surface area (Å²) in [5, 5.41) is 6.82. The molecule has 0 amide bonds. The highest BCUT2D eigenvalue weighted by molar-refractivity contribution is 4.80. The number of nitrogens with zero attached hydrogens (tertiary/aromatic N) is 1. The monoisotopic (exact) mass is 197 g/mol. The van der Waals surface area contributed by atoms with Crippen LogP contribution in [0.1, 0.15) is 19.3 Å². The van der Waals surface area contributed by atoms with Crippen molar-refractivity contribution >= 4 is 0 Å². The second kappa shape index (κ2) is 5.10. The predicted molar refractivity (Wildman–Crippen MR) is 59.5 cm³/mol. The van der Waals surface area contributed by atoms with Crippen molar-refractivity contribution in [1.29, 1.82) is 0 Å². The third-order valence-corrected chi connectivity index (χ3v) is 3.67. The largest absolute Gasteiger partial charge is 0.317 e. The highest BCUT2D eigenvalue weighted by Gasteiger charge is 2.22. The van der Waals surface area contributed by atoms with Gasteiger partial charge in [0.1, 0.15) is 0 Å². The van der Waals surface area contributed by atoms with E-state index in [-0.39, 0.29) is 0 Å². The van der Waals surface area contributed by atoms with Crippen molar-refractivity contribution in [3.8, 4) is 0 Å². The Morgan fingerprint density at radius 3 is 2.64 bits per heavy atom. The van der Waals surface area contributed by atoms with E-state index in [0.717, 1.165) is 12.0 Å². The Hall–Kier alpha value is -0.120. The van der Waals surface area contributed by atoms with E-state index in [2.05, 4.69) is 22.6 Å². The summed E-state index contributed by atoms with van der Waals surface area (Å²) in [5.74, 6) is 0.918. The molecule has 2 saturated heterocycles. The molecule has 0 aliphatic carbocycles. The summed E-state index contributed by atoms with van der Waals surface area (Å²) in [6.45, 7) is 6.39. The van der Waals surface area contributed by atoms with Crippen LogP contribution in [0.15, 0.2) is 0 Å². The summed E-state index contributed by atoms with van der Waals surface area (Å²) >= 11 is 0. The lowest BCUT2D eigenvalue weighted by Gasteiger charge is -2.33. The summed E-state index contributed by atoms with van der Waals surface area (Å²) in [7, 11) is 2.08. The molecule has 0 bridgehead atoms. The maximum absolute atomic E-state index is 3.44. The molecule has 3 nitrogen and oxygen atoms in total. The van der Waals surface area contributed by atoms with E-state index in [1.807, 2.05) is 0 Å². The molecule has 2 N–H and O–H groups in total. The first-order valence-electron chi connectivity index (χ1n) is 5.99. The van der Waals surface area contributed by atoms with Crippen molar-refractivity contribution in [2.24, 2.45) is 5.92 Å². The van der Waals surface area contributed by atoms with E-state index in [1.165, 1.54) is 52.0 Å². The third-order valence-electron chi connectivity index (χ3n) is 3.67. The Morgan fingerprint density at radius 2 is 2.07 bits per heavy atom. The van der Waals surface area contributed by atoms with Crippen LogP contribution >= 0.6 is 0 Å². The van der Waals surface area contributed by atoms with Crippen molar-refractivity contribution in [3.63, 3.8) is 0 Å². The molecular weight excluding hydrogens is 174 g/mol.